The highest BCUT2D eigenvalue weighted by molar-refractivity contribution is 7.93. The zero-order valence-electron chi connectivity index (χ0n) is 47.7. The molecule has 428 valence electrons. The van der Waals surface area contributed by atoms with Gasteiger partial charge in [0.2, 0.25) is 0 Å². The number of benzene rings is 4. The predicted molar refractivity (Wildman–Crippen MR) is 327 cm³/mol. The van der Waals surface area contributed by atoms with Gasteiger partial charge in [-0.25, -0.2) is 42.1 Å². The standard InChI is InChI=1S/C64H82O10S5/c1-49(2)25-23-27-51(5)41-61(76(67,68)57-29-15-11-16-30-57)45-55(9)47-63(78(71,72)59-33-19-13-20-34-59)43-53(7)37-39-75(65,66)40-38-54(8)44-64(79(73,74)60-35-21-14-22-36-60)48-56(10)46-62(42-52(6)28-24-26-50(3)4)77(69,70)58-31-17-12-18-32-58/h11-22,25-26,29-38,41-42,47-48,61-64H,23-24,27-28,39-40,43-46H2,1-10H3. The van der Waals surface area contributed by atoms with Gasteiger partial charge in [0.15, 0.2) is 49.2 Å². The minimum Gasteiger partial charge on any atom is -0.228 e. The first kappa shape index (κ1) is 66.1. The monoisotopic (exact) mass is 1170 g/mol. The Balaban J connectivity index is 1.64. The van der Waals surface area contributed by atoms with Crippen LogP contribution in [-0.2, 0) is 49.2 Å². The van der Waals surface area contributed by atoms with E-state index in [0.29, 0.717) is 35.1 Å². The molecule has 0 N–H and O–H groups in total. The fourth-order valence-corrected chi connectivity index (χ4v) is 17.3. The first-order chi connectivity index (χ1) is 37.0. The Morgan fingerprint density at radius 3 is 0.785 bits per heavy atom. The second-order valence-electron chi connectivity index (χ2n) is 21.3. The summed E-state index contributed by atoms with van der Waals surface area (Å²) < 4.78 is 142. The normalized spacial score (nSPS) is 15.5. The summed E-state index contributed by atoms with van der Waals surface area (Å²) in [5.41, 5.74) is 6.14. The van der Waals surface area contributed by atoms with Crippen molar-refractivity contribution in [2.45, 2.75) is 161 Å². The van der Waals surface area contributed by atoms with E-state index in [0.717, 1.165) is 35.1 Å². The average molecular weight is 1170 g/mol. The minimum atomic E-state index is -4.06. The lowest BCUT2D eigenvalue weighted by Gasteiger charge is -2.20. The summed E-state index contributed by atoms with van der Waals surface area (Å²) in [6.45, 7) is 18.6. The zero-order chi connectivity index (χ0) is 58.6. The van der Waals surface area contributed by atoms with Gasteiger partial charge in [-0.15, -0.1) is 0 Å². The van der Waals surface area contributed by atoms with Crippen molar-refractivity contribution in [2.24, 2.45) is 0 Å². The van der Waals surface area contributed by atoms with Crippen molar-refractivity contribution in [3.05, 3.63) is 215 Å². The van der Waals surface area contributed by atoms with Crippen molar-refractivity contribution in [1.82, 2.24) is 0 Å². The molecule has 0 bridgehead atoms. The first-order valence-corrected chi connectivity index (χ1v) is 34.7. The summed E-state index contributed by atoms with van der Waals surface area (Å²) in [5.74, 6) is -0.859. The molecule has 0 aliphatic rings. The Kier molecular flexibility index (Phi) is 25.4. The lowest BCUT2D eigenvalue weighted by atomic mass is 10.0. The second kappa shape index (κ2) is 30.4. The molecule has 0 amide bonds. The lowest BCUT2D eigenvalue weighted by molar-refractivity contribution is 0.583. The van der Waals surface area contributed by atoms with Crippen LogP contribution in [0.3, 0.4) is 0 Å². The third-order valence-electron chi connectivity index (χ3n) is 13.4. The Hall–Kier alpha value is -5.45. The Morgan fingerprint density at radius 1 is 0.316 bits per heavy atom. The van der Waals surface area contributed by atoms with Gasteiger partial charge in [-0.3, -0.25) is 0 Å². The molecule has 4 rings (SSSR count). The predicted octanol–water partition coefficient (Wildman–Crippen LogP) is 14.5. The van der Waals surface area contributed by atoms with Gasteiger partial charge >= 0.3 is 0 Å². The zero-order valence-corrected chi connectivity index (χ0v) is 51.8. The number of rotatable bonds is 30. The van der Waals surface area contributed by atoms with Crippen molar-refractivity contribution in [1.29, 1.82) is 0 Å². The molecule has 79 heavy (non-hydrogen) atoms. The van der Waals surface area contributed by atoms with E-state index in [9.17, 15) is 42.1 Å². The fraction of sp³-hybridized carbons (Fsp3) is 0.375. The molecule has 0 saturated carbocycles. The molecule has 0 aliphatic heterocycles. The van der Waals surface area contributed by atoms with Crippen molar-refractivity contribution in [2.75, 3.05) is 11.5 Å². The van der Waals surface area contributed by atoms with Crippen molar-refractivity contribution in [3.63, 3.8) is 0 Å². The largest absolute Gasteiger partial charge is 0.228 e. The molecule has 10 nitrogen and oxygen atoms in total. The first-order valence-electron chi connectivity index (χ1n) is 26.7. The summed E-state index contributed by atoms with van der Waals surface area (Å²) in [4.78, 5) is 0.458. The highest BCUT2D eigenvalue weighted by Crippen LogP contribution is 2.31. The van der Waals surface area contributed by atoms with Gasteiger partial charge in [0.05, 0.1) is 52.1 Å². The quantitative estimate of drug-likeness (QED) is 0.0458. The number of hydrogen-bond donors (Lipinski definition) is 0. The summed E-state index contributed by atoms with van der Waals surface area (Å²) >= 11 is 0. The van der Waals surface area contributed by atoms with E-state index in [1.54, 1.807) is 149 Å². The third kappa shape index (κ3) is 21.2. The van der Waals surface area contributed by atoms with E-state index in [1.807, 2.05) is 41.5 Å². The van der Waals surface area contributed by atoms with Gasteiger partial charge in [-0.2, -0.15) is 0 Å². The Morgan fingerprint density at radius 2 is 0.544 bits per heavy atom. The molecule has 4 aromatic carbocycles. The van der Waals surface area contributed by atoms with Crippen molar-refractivity contribution < 1.29 is 42.1 Å². The van der Waals surface area contributed by atoms with Crippen molar-refractivity contribution in [3.8, 4) is 0 Å². The summed E-state index contributed by atoms with van der Waals surface area (Å²) in [6, 6.07) is 32.3. The van der Waals surface area contributed by atoms with Crippen LogP contribution in [0.25, 0.3) is 0 Å². The summed E-state index contributed by atoms with van der Waals surface area (Å²) in [7, 11) is -19.8. The molecule has 15 heteroatoms. The van der Waals surface area contributed by atoms with Gasteiger partial charge in [-0.05, 0) is 169 Å². The van der Waals surface area contributed by atoms with E-state index in [4.69, 9.17) is 0 Å². The molecule has 0 radical (unpaired) electrons. The highest BCUT2D eigenvalue weighted by Gasteiger charge is 2.32. The maximum absolute atomic E-state index is 14.4. The maximum Gasteiger partial charge on any atom is 0.185 e. The van der Waals surface area contributed by atoms with Crippen LogP contribution in [0.4, 0.5) is 0 Å². The number of hydrogen-bond acceptors (Lipinski definition) is 10. The maximum atomic E-state index is 14.4. The van der Waals surface area contributed by atoms with E-state index in [-0.39, 0.29) is 45.3 Å². The van der Waals surface area contributed by atoms with Crippen LogP contribution in [0.15, 0.2) is 234 Å². The molecule has 4 unspecified atom stereocenters. The van der Waals surface area contributed by atoms with Crippen LogP contribution >= 0.6 is 0 Å². The molecule has 0 fully saturated rings. The van der Waals surface area contributed by atoms with Crippen molar-refractivity contribution >= 4 is 49.2 Å². The van der Waals surface area contributed by atoms with Gasteiger partial charge in [0.25, 0.3) is 0 Å². The minimum absolute atomic E-state index is 0.0224. The average Bonchev–Trinajstić information content (AvgIpc) is 3.41. The Labute approximate surface area is 475 Å². The van der Waals surface area contributed by atoms with Gasteiger partial charge in [-0.1, -0.05) is 166 Å². The van der Waals surface area contributed by atoms with Gasteiger partial charge < -0.3 is 0 Å². The van der Waals surface area contributed by atoms with Crippen LogP contribution in [0.2, 0.25) is 0 Å². The molecule has 0 aromatic heterocycles. The molecule has 0 saturated heterocycles. The highest BCUT2D eigenvalue weighted by atomic mass is 32.2. The van der Waals surface area contributed by atoms with E-state index >= 15 is 0 Å². The fourth-order valence-electron chi connectivity index (χ4n) is 8.96. The number of allylic oxidation sites excluding steroid dienone is 10. The molecule has 4 aromatic rings. The molecular formula is C64H82O10S5. The van der Waals surface area contributed by atoms with Crippen LogP contribution in [0.1, 0.15) is 121 Å². The van der Waals surface area contributed by atoms with E-state index in [2.05, 4.69) is 12.2 Å². The third-order valence-corrected chi connectivity index (χ3v) is 22.9. The van der Waals surface area contributed by atoms with Crippen LogP contribution in [0, 0.1) is 0 Å². The number of sulfone groups is 5. The molecule has 4 atom stereocenters. The van der Waals surface area contributed by atoms with Gasteiger partial charge in [0, 0.05) is 0 Å². The van der Waals surface area contributed by atoms with E-state index < -0.39 is 81.7 Å². The SMILES string of the molecule is CC(C)=CCCC(C)=CC(CC(C)=CC(CC(C)=CCS(=O)(=O)CC=C(C)CC(C=C(C)CC(C=C(C)CCC=C(C)C)S(=O)(=O)c1ccccc1)S(=O)(=O)c1ccccc1)S(=O)(=O)c1ccccc1)S(=O)(=O)c1ccccc1. The summed E-state index contributed by atoms with van der Waals surface area (Å²) in [5, 5.41) is -4.30. The lowest BCUT2D eigenvalue weighted by Crippen LogP contribution is -2.23. The molecule has 0 aliphatic carbocycles. The topological polar surface area (TPSA) is 171 Å². The van der Waals surface area contributed by atoms with Gasteiger partial charge in [0.1, 0.15) is 0 Å². The molecular weight excluding hydrogens is 1090 g/mol. The smallest absolute Gasteiger partial charge is 0.185 e. The molecule has 0 spiro atoms. The Bertz CT molecular complexity index is 3260. The second-order valence-corrected chi connectivity index (χ2v) is 32.1. The van der Waals surface area contributed by atoms with Crippen LogP contribution in [0.5, 0.6) is 0 Å². The van der Waals surface area contributed by atoms with Crippen LogP contribution in [-0.4, -0.2) is 74.6 Å². The molecule has 0 heterocycles. The summed E-state index contributed by atoms with van der Waals surface area (Å²) in [6.07, 6.45) is 16.5. The van der Waals surface area contributed by atoms with Crippen LogP contribution < -0.4 is 0 Å². The van der Waals surface area contributed by atoms with E-state index in [1.165, 1.54) is 36.4 Å².